The van der Waals surface area contributed by atoms with Gasteiger partial charge in [0.2, 0.25) is 11.8 Å². The van der Waals surface area contributed by atoms with E-state index in [4.69, 9.17) is 23.1 Å². The van der Waals surface area contributed by atoms with Gasteiger partial charge in [-0.25, -0.2) is 0 Å². The van der Waals surface area contributed by atoms with Crippen LogP contribution in [0, 0.1) is 0 Å². The number of thiophene rings is 1. The number of primary amides is 1. The van der Waals surface area contributed by atoms with E-state index >= 15 is 0 Å². The average Bonchev–Trinajstić information content (AvgIpc) is 3.33. The summed E-state index contributed by atoms with van der Waals surface area (Å²) in [5.41, 5.74) is 13.1. The molecule has 8 nitrogen and oxygen atoms in total. The number of hydrogen-bond acceptors (Lipinski definition) is 5. The van der Waals surface area contributed by atoms with E-state index in [1.807, 2.05) is 24.3 Å². The normalized spacial score (nSPS) is 18.7. The number of carbonyl (C=O) groups is 3. The highest BCUT2D eigenvalue weighted by molar-refractivity contribution is 7.22. The number of carbonyl (C=O) groups excluding carboxylic acids is 3. The Bertz CT molecular complexity index is 1110. The summed E-state index contributed by atoms with van der Waals surface area (Å²) in [6.45, 7) is 0. The number of aromatic nitrogens is 1. The lowest BCUT2D eigenvalue weighted by Gasteiger charge is -2.23. The molecule has 0 saturated carbocycles. The van der Waals surface area contributed by atoms with Crippen LogP contribution in [0.25, 0.3) is 10.2 Å². The van der Waals surface area contributed by atoms with E-state index in [-0.39, 0.29) is 18.4 Å². The first-order valence-electron chi connectivity index (χ1n) is 9.33. The molecule has 1 aliphatic carbocycles. The van der Waals surface area contributed by atoms with Gasteiger partial charge in [-0.3, -0.25) is 14.4 Å². The predicted octanol–water partition coefficient (Wildman–Crippen LogP) is 1.60. The topological polar surface area (TPSA) is 143 Å². The third kappa shape index (κ3) is 4.04. The van der Waals surface area contributed by atoms with Crippen LogP contribution in [0.3, 0.4) is 0 Å². The van der Waals surface area contributed by atoms with Crippen molar-refractivity contribution < 1.29 is 14.4 Å². The number of rotatable bonds is 6. The molecule has 0 aliphatic heterocycles. The average molecular weight is 446 g/mol. The lowest BCUT2D eigenvalue weighted by molar-refractivity contribution is -0.126. The Hall–Kier alpha value is -2.88. The largest absolute Gasteiger partial charge is 0.368 e. The Morgan fingerprint density at radius 1 is 1.23 bits per heavy atom. The van der Waals surface area contributed by atoms with Gasteiger partial charge in [-0.1, -0.05) is 35.9 Å². The number of halogens is 1. The molecule has 0 saturated heterocycles. The van der Waals surface area contributed by atoms with Crippen molar-refractivity contribution in [2.75, 3.05) is 0 Å². The molecule has 1 aromatic carbocycles. The second kappa shape index (κ2) is 8.10. The number of fused-ring (bicyclic) bond motifs is 2. The maximum absolute atomic E-state index is 12.8. The number of nitrogens with one attached hydrogen (secondary N) is 3. The van der Waals surface area contributed by atoms with Crippen LogP contribution in [0.4, 0.5) is 0 Å². The van der Waals surface area contributed by atoms with Crippen LogP contribution in [0.5, 0.6) is 0 Å². The summed E-state index contributed by atoms with van der Waals surface area (Å²) in [6.07, 6.45) is 0.345. The van der Waals surface area contributed by atoms with E-state index in [1.165, 1.54) is 11.3 Å². The first-order valence-corrected chi connectivity index (χ1v) is 10.5. The molecular weight excluding hydrogens is 426 g/mol. The fourth-order valence-electron chi connectivity index (χ4n) is 3.70. The first-order chi connectivity index (χ1) is 14.3. The van der Waals surface area contributed by atoms with Crippen molar-refractivity contribution in [2.45, 2.75) is 31.0 Å². The summed E-state index contributed by atoms with van der Waals surface area (Å²) in [5, 5.41) is 6.76. The van der Waals surface area contributed by atoms with E-state index in [2.05, 4.69) is 15.6 Å². The summed E-state index contributed by atoms with van der Waals surface area (Å²) in [7, 11) is 0. The van der Waals surface area contributed by atoms with Crippen LogP contribution in [0.15, 0.2) is 36.4 Å². The third-order valence-electron chi connectivity index (χ3n) is 5.16. The maximum Gasteiger partial charge on any atom is 0.268 e. The van der Waals surface area contributed by atoms with Crippen LogP contribution < -0.4 is 22.1 Å². The lowest BCUT2D eigenvalue weighted by Crippen LogP contribution is -2.46. The van der Waals surface area contributed by atoms with Crippen molar-refractivity contribution in [3.05, 3.63) is 57.6 Å². The van der Waals surface area contributed by atoms with Gasteiger partial charge in [0.1, 0.15) is 10.5 Å². The monoisotopic (exact) mass is 445 g/mol. The minimum Gasteiger partial charge on any atom is -0.368 e. The Balaban J connectivity index is 1.51. The number of benzene rings is 1. The van der Waals surface area contributed by atoms with Gasteiger partial charge in [0.05, 0.1) is 28.9 Å². The highest BCUT2D eigenvalue weighted by atomic mass is 35.5. The van der Waals surface area contributed by atoms with Crippen LogP contribution in [0.2, 0.25) is 4.34 Å². The van der Waals surface area contributed by atoms with Crippen molar-refractivity contribution in [1.82, 2.24) is 15.6 Å². The molecule has 0 bridgehead atoms. The molecule has 3 aromatic rings. The number of H-pyrrole nitrogens is 1. The number of amides is 3. The van der Waals surface area contributed by atoms with Gasteiger partial charge in [-0.2, -0.15) is 0 Å². The van der Waals surface area contributed by atoms with Gasteiger partial charge in [-0.15, -0.1) is 11.3 Å². The molecule has 0 radical (unpaired) electrons. The molecule has 3 atom stereocenters. The highest BCUT2D eigenvalue weighted by Gasteiger charge is 2.35. The van der Waals surface area contributed by atoms with Gasteiger partial charge < -0.3 is 27.1 Å². The van der Waals surface area contributed by atoms with Gasteiger partial charge in [0.25, 0.3) is 5.91 Å². The second-order valence-corrected chi connectivity index (χ2v) is 8.94. The number of hydrogen-bond donors (Lipinski definition) is 5. The first kappa shape index (κ1) is 20.4. The smallest absolute Gasteiger partial charge is 0.268 e. The molecule has 30 heavy (non-hydrogen) atoms. The summed E-state index contributed by atoms with van der Waals surface area (Å²) < 4.78 is 0.645. The Morgan fingerprint density at radius 2 is 2.00 bits per heavy atom. The predicted molar refractivity (Wildman–Crippen MR) is 115 cm³/mol. The molecule has 4 rings (SSSR count). The molecular formula is C20H20ClN5O3S. The third-order valence-corrected chi connectivity index (χ3v) is 6.35. The quantitative estimate of drug-likeness (QED) is 0.392. The maximum atomic E-state index is 12.8. The molecule has 0 fully saturated rings. The Labute approximate surface area is 181 Å². The molecule has 7 N–H and O–H groups in total. The van der Waals surface area contributed by atoms with Crippen molar-refractivity contribution in [2.24, 2.45) is 11.5 Å². The summed E-state index contributed by atoms with van der Waals surface area (Å²) in [4.78, 5) is 40.3. The van der Waals surface area contributed by atoms with Gasteiger partial charge in [0, 0.05) is 5.39 Å². The molecule has 0 spiro atoms. The molecule has 10 heteroatoms. The van der Waals surface area contributed by atoms with E-state index < -0.39 is 23.9 Å². The molecule has 3 amide bonds. The minimum atomic E-state index is -1.06. The summed E-state index contributed by atoms with van der Waals surface area (Å²) in [6, 6.07) is 9.34. The van der Waals surface area contributed by atoms with Gasteiger partial charge >= 0.3 is 0 Å². The van der Waals surface area contributed by atoms with Crippen LogP contribution in [-0.4, -0.2) is 34.8 Å². The van der Waals surface area contributed by atoms with E-state index in [0.29, 0.717) is 16.5 Å². The molecule has 156 valence electrons. The zero-order chi connectivity index (χ0) is 21.4. The fourth-order valence-corrected chi connectivity index (χ4v) is 4.83. The Kier molecular flexibility index (Phi) is 5.50. The zero-order valence-corrected chi connectivity index (χ0v) is 17.3. The van der Waals surface area contributed by atoms with E-state index in [9.17, 15) is 14.4 Å². The zero-order valence-electron chi connectivity index (χ0n) is 15.8. The fraction of sp³-hybridized carbons (Fsp3) is 0.250. The number of nitrogens with two attached hydrogens (primary N) is 2. The van der Waals surface area contributed by atoms with Gasteiger partial charge in [0.15, 0.2) is 0 Å². The molecule has 1 aliphatic rings. The van der Waals surface area contributed by atoms with Crippen molar-refractivity contribution in [3.63, 3.8) is 0 Å². The second-order valence-electron chi connectivity index (χ2n) is 7.26. The molecule has 2 heterocycles. The van der Waals surface area contributed by atoms with Crippen molar-refractivity contribution in [3.8, 4) is 0 Å². The van der Waals surface area contributed by atoms with Gasteiger partial charge in [-0.05, 0) is 29.7 Å². The van der Waals surface area contributed by atoms with Crippen LogP contribution >= 0.6 is 22.9 Å². The summed E-state index contributed by atoms with van der Waals surface area (Å²) >= 11 is 7.35. The van der Waals surface area contributed by atoms with E-state index in [0.717, 1.165) is 21.3 Å². The van der Waals surface area contributed by atoms with Crippen LogP contribution in [-0.2, 0) is 16.0 Å². The van der Waals surface area contributed by atoms with E-state index in [1.54, 1.807) is 12.1 Å². The Morgan fingerprint density at radius 3 is 2.73 bits per heavy atom. The summed E-state index contributed by atoms with van der Waals surface area (Å²) in [5.74, 6) is -1.42. The SMILES string of the molecule is NC(=O)C(N)CC(=O)NC1c2ccccc2CC1NC(=O)c1cc2cc(Cl)sc2[nH]1. The van der Waals surface area contributed by atoms with Crippen LogP contribution in [0.1, 0.15) is 34.1 Å². The highest BCUT2D eigenvalue weighted by Crippen LogP contribution is 2.32. The van der Waals surface area contributed by atoms with Crippen molar-refractivity contribution >= 4 is 50.9 Å². The van der Waals surface area contributed by atoms with Crippen molar-refractivity contribution in [1.29, 1.82) is 0 Å². The molecule has 3 unspecified atom stereocenters. The number of aromatic amines is 1. The lowest BCUT2D eigenvalue weighted by atomic mass is 10.1. The minimum absolute atomic E-state index is 0.220. The standard InChI is InChI=1S/C20H20ClN5O3S/c21-15-7-10-6-14(25-20(10)30-15)19(29)24-13-5-9-3-1-2-4-11(9)17(13)26-16(27)8-12(22)18(23)28/h1-4,6-7,12-13,17,25H,5,8,22H2,(H2,23,28)(H,24,29)(H,26,27). The molecule has 2 aromatic heterocycles.